The molecule has 0 radical (unpaired) electrons. The van der Waals surface area contributed by atoms with Crippen LogP contribution in [0.25, 0.3) is 0 Å². The predicted molar refractivity (Wildman–Crippen MR) is 127 cm³/mol. The lowest BCUT2D eigenvalue weighted by atomic mass is 9.92. The molecule has 0 spiro atoms. The molecule has 0 aromatic heterocycles. The number of carboxylic acid groups (broad SMARTS) is 2. The van der Waals surface area contributed by atoms with Crippen LogP contribution in [0.2, 0.25) is 0 Å². The number of aliphatic hydroxyl groups is 1. The number of aromatic hydroxyl groups is 1. The first-order valence-electron chi connectivity index (χ1n) is 11.2. The van der Waals surface area contributed by atoms with E-state index in [1.165, 1.54) is 48.5 Å². The molecule has 0 unspecified atom stereocenters. The third-order valence-corrected chi connectivity index (χ3v) is 5.89. The summed E-state index contributed by atoms with van der Waals surface area (Å²) in [5.74, 6) is -4.27. The average molecular weight is 530 g/mol. The fourth-order valence-electron chi connectivity index (χ4n) is 3.81. The summed E-state index contributed by atoms with van der Waals surface area (Å²) in [4.78, 5) is 60.5. The van der Waals surface area contributed by atoms with E-state index in [1.54, 1.807) is 0 Å². The van der Waals surface area contributed by atoms with Crippen molar-refractivity contribution in [3.8, 4) is 11.5 Å². The second-order valence-corrected chi connectivity index (χ2v) is 8.48. The molecule has 3 amide bonds. The minimum atomic E-state index is -1.98. The summed E-state index contributed by atoms with van der Waals surface area (Å²) in [6.07, 6.45) is -1.53. The third-order valence-electron chi connectivity index (χ3n) is 5.89. The van der Waals surface area contributed by atoms with Gasteiger partial charge in [-0.05, 0) is 35.4 Å². The summed E-state index contributed by atoms with van der Waals surface area (Å²) in [7, 11) is 0. The molecule has 1 saturated heterocycles. The highest BCUT2D eigenvalue weighted by atomic mass is 16.5. The molecule has 14 heteroatoms. The Kier molecular flexibility index (Phi) is 8.50. The first-order chi connectivity index (χ1) is 18.0. The molecule has 1 aliphatic heterocycles. The highest BCUT2D eigenvalue weighted by molar-refractivity contribution is 6.00. The number of hydrogen-bond acceptors (Lipinski definition) is 9. The number of carbonyl (C=O) groups is 5. The zero-order valence-corrected chi connectivity index (χ0v) is 19.8. The quantitative estimate of drug-likeness (QED) is 0.0927. The number of ether oxygens (including phenoxy) is 1. The zero-order chi connectivity index (χ0) is 28.0. The number of rotatable bonds is 13. The summed E-state index contributed by atoms with van der Waals surface area (Å²) in [5, 5.41) is 42.9. The topological polar surface area (TPSA) is 229 Å². The van der Waals surface area contributed by atoms with Crippen LogP contribution in [0.5, 0.6) is 11.5 Å². The Labute approximate surface area is 215 Å². The van der Waals surface area contributed by atoms with Crippen molar-refractivity contribution in [2.24, 2.45) is 5.73 Å². The number of nitrogens with zero attached hydrogens (tertiary/aromatic N) is 1. The van der Waals surface area contributed by atoms with Crippen LogP contribution in [-0.2, 0) is 24.0 Å². The zero-order valence-electron chi connectivity index (χ0n) is 19.8. The summed E-state index contributed by atoms with van der Waals surface area (Å²) in [6, 6.07) is 8.24. The van der Waals surface area contributed by atoms with Crippen LogP contribution >= 0.6 is 0 Å². The number of aliphatic carboxylic acids is 2. The van der Waals surface area contributed by atoms with Crippen molar-refractivity contribution < 1.29 is 49.1 Å². The number of hydrogen-bond donors (Lipinski definition) is 7. The van der Waals surface area contributed by atoms with E-state index in [1.807, 2.05) is 0 Å². The Morgan fingerprint density at radius 2 is 1.66 bits per heavy atom. The number of carboxylic acids is 2. The van der Waals surface area contributed by atoms with Crippen molar-refractivity contribution in [2.45, 2.75) is 30.3 Å². The molecule has 3 rings (SSSR count). The Balaban J connectivity index is 1.66. The van der Waals surface area contributed by atoms with E-state index in [9.17, 15) is 39.3 Å². The SMILES string of the molecule is N[C@H](CCOc1ccc([C@@H](O)C(=O)N[C@@]2(NC=O)CN([C@@H](C(=O)O)c3ccc(O)cc3)C2=O)cc1)C(=O)O. The largest absolute Gasteiger partial charge is 0.508 e. The van der Waals surface area contributed by atoms with Crippen molar-refractivity contribution in [3.63, 3.8) is 0 Å². The summed E-state index contributed by atoms with van der Waals surface area (Å²) < 4.78 is 5.39. The van der Waals surface area contributed by atoms with Crippen molar-refractivity contribution in [1.29, 1.82) is 0 Å². The molecular weight excluding hydrogens is 504 g/mol. The smallest absolute Gasteiger partial charge is 0.331 e. The van der Waals surface area contributed by atoms with Crippen molar-refractivity contribution >= 4 is 30.2 Å². The van der Waals surface area contributed by atoms with Gasteiger partial charge in [-0.25, -0.2) is 4.79 Å². The van der Waals surface area contributed by atoms with Gasteiger partial charge < -0.3 is 46.4 Å². The standard InChI is InChI=1S/C24H26N4O10/c25-17(21(33)34)9-10-38-16-7-3-14(4-8-16)19(31)20(32)27-24(26-12-29)11-28(23(24)37)18(22(35)36)13-1-5-15(30)6-2-13/h1-8,12,17-19,30-31H,9-11,25H2,(H,26,29)(H,27,32)(H,33,34)(H,35,36)/t17-,18-,19-,24+/m1/s1. The number of nitrogens with one attached hydrogen (secondary N) is 2. The van der Waals surface area contributed by atoms with Crippen LogP contribution in [0, 0.1) is 0 Å². The lowest BCUT2D eigenvalue weighted by molar-refractivity contribution is -0.171. The molecule has 2 aromatic carbocycles. The Morgan fingerprint density at radius 1 is 1.05 bits per heavy atom. The van der Waals surface area contributed by atoms with Crippen molar-refractivity contribution in [2.75, 3.05) is 13.2 Å². The lowest BCUT2D eigenvalue weighted by Gasteiger charge is -2.50. The van der Waals surface area contributed by atoms with Crippen LogP contribution in [0.4, 0.5) is 0 Å². The maximum absolute atomic E-state index is 13.0. The fraction of sp³-hybridized carbons (Fsp3) is 0.292. The van der Waals surface area contributed by atoms with Gasteiger partial charge >= 0.3 is 11.9 Å². The maximum Gasteiger partial charge on any atom is 0.331 e. The van der Waals surface area contributed by atoms with E-state index >= 15 is 0 Å². The normalized spacial score (nSPS) is 18.9. The second-order valence-electron chi connectivity index (χ2n) is 8.48. The number of amides is 3. The molecule has 8 N–H and O–H groups in total. The van der Waals surface area contributed by atoms with Crippen LogP contribution in [0.3, 0.4) is 0 Å². The molecule has 14 nitrogen and oxygen atoms in total. The minimum absolute atomic E-state index is 0.0236. The number of benzene rings is 2. The number of carbonyl (C=O) groups excluding carboxylic acids is 3. The monoisotopic (exact) mass is 530 g/mol. The van der Waals surface area contributed by atoms with Gasteiger partial charge in [0.15, 0.2) is 12.1 Å². The van der Waals surface area contributed by atoms with Crippen LogP contribution in [-0.4, -0.2) is 80.3 Å². The molecule has 202 valence electrons. The van der Waals surface area contributed by atoms with Gasteiger partial charge in [-0.15, -0.1) is 0 Å². The first kappa shape index (κ1) is 27.9. The molecule has 0 bridgehead atoms. The Bertz CT molecular complexity index is 1200. The van der Waals surface area contributed by atoms with Crippen molar-refractivity contribution in [1.82, 2.24) is 15.5 Å². The number of β-lactam (4-membered cyclic amide) rings is 1. The molecule has 4 atom stereocenters. The molecule has 1 aliphatic rings. The van der Waals surface area contributed by atoms with E-state index < -0.39 is 54.1 Å². The van der Waals surface area contributed by atoms with Gasteiger partial charge in [-0.3, -0.25) is 19.2 Å². The fourth-order valence-corrected chi connectivity index (χ4v) is 3.81. The highest BCUT2D eigenvalue weighted by Gasteiger charge is 2.57. The summed E-state index contributed by atoms with van der Waals surface area (Å²) in [6.45, 7) is -0.387. The summed E-state index contributed by atoms with van der Waals surface area (Å²) >= 11 is 0. The maximum atomic E-state index is 13.0. The van der Waals surface area contributed by atoms with Crippen LogP contribution in [0.1, 0.15) is 29.7 Å². The molecule has 38 heavy (non-hydrogen) atoms. The lowest BCUT2D eigenvalue weighted by Crippen LogP contribution is -2.81. The number of likely N-dealkylation sites (tertiary alicyclic amines) is 1. The van der Waals surface area contributed by atoms with E-state index in [-0.39, 0.29) is 36.3 Å². The van der Waals surface area contributed by atoms with E-state index in [4.69, 9.17) is 15.6 Å². The van der Waals surface area contributed by atoms with Crippen molar-refractivity contribution in [3.05, 3.63) is 59.7 Å². The predicted octanol–water partition coefficient (Wildman–Crippen LogP) is -1.17. The molecule has 0 saturated carbocycles. The first-order valence-corrected chi connectivity index (χ1v) is 11.2. The molecular formula is C24H26N4O10. The van der Waals surface area contributed by atoms with Gasteiger partial charge in [0.05, 0.1) is 13.2 Å². The third kappa shape index (κ3) is 5.99. The molecule has 1 heterocycles. The number of nitrogens with two attached hydrogens (primary N) is 1. The Hall–Kier alpha value is -4.69. The minimum Gasteiger partial charge on any atom is -0.508 e. The van der Waals surface area contributed by atoms with Gasteiger partial charge in [-0.1, -0.05) is 24.3 Å². The van der Waals surface area contributed by atoms with Gasteiger partial charge in [0, 0.05) is 6.42 Å². The number of aliphatic hydroxyl groups excluding tert-OH is 1. The van der Waals surface area contributed by atoms with E-state index in [0.717, 1.165) is 4.90 Å². The molecule has 2 aromatic rings. The highest BCUT2D eigenvalue weighted by Crippen LogP contribution is 2.33. The van der Waals surface area contributed by atoms with Gasteiger partial charge in [0.2, 0.25) is 12.1 Å². The summed E-state index contributed by atoms with van der Waals surface area (Å²) in [5.41, 5.74) is 3.73. The Morgan fingerprint density at radius 3 is 2.18 bits per heavy atom. The van der Waals surface area contributed by atoms with Crippen LogP contribution in [0.15, 0.2) is 48.5 Å². The van der Waals surface area contributed by atoms with Crippen LogP contribution < -0.4 is 21.1 Å². The van der Waals surface area contributed by atoms with E-state index in [2.05, 4.69) is 10.6 Å². The van der Waals surface area contributed by atoms with Gasteiger partial charge in [0.25, 0.3) is 11.8 Å². The average Bonchev–Trinajstić information content (AvgIpc) is 2.88. The van der Waals surface area contributed by atoms with E-state index in [0.29, 0.717) is 5.75 Å². The number of phenols is 1. The second kappa shape index (κ2) is 11.6. The molecule has 0 aliphatic carbocycles. The van der Waals surface area contributed by atoms with Gasteiger partial charge in [0.1, 0.15) is 17.5 Å². The number of phenolic OH excluding ortho intramolecular Hbond substituents is 1. The van der Waals surface area contributed by atoms with Gasteiger partial charge in [-0.2, -0.15) is 0 Å². The molecule has 1 fully saturated rings.